The second-order valence-corrected chi connectivity index (χ2v) is 4.35. The molecule has 0 atom stereocenters. The van der Waals surface area contributed by atoms with Crippen LogP contribution in [-0.2, 0) is 6.61 Å². The Morgan fingerprint density at radius 1 is 1.35 bits per heavy atom. The van der Waals surface area contributed by atoms with E-state index < -0.39 is 0 Å². The van der Waals surface area contributed by atoms with E-state index >= 15 is 0 Å². The van der Waals surface area contributed by atoms with Crippen LogP contribution in [0.3, 0.4) is 0 Å². The first-order valence-corrected chi connectivity index (χ1v) is 5.97. The van der Waals surface area contributed by atoms with Crippen LogP contribution in [0.2, 0.25) is 5.15 Å². The molecule has 0 bridgehead atoms. The number of rotatable bonds is 6. The van der Waals surface area contributed by atoms with Gasteiger partial charge in [-0.05, 0) is 20.3 Å². The highest BCUT2D eigenvalue weighted by atomic mass is 35.5. The third-order valence-corrected chi connectivity index (χ3v) is 2.81. The minimum Gasteiger partial charge on any atom is -0.396 e. The minimum absolute atomic E-state index is 0.122. The summed E-state index contributed by atoms with van der Waals surface area (Å²) >= 11 is 5.93. The molecule has 1 rings (SSSR count). The highest BCUT2D eigenvalue weighted by Crippen LogP contribution is 2.24. The lowest BCUT2D eigenvalue weighted by Gasteiger charge is -2.29. The normalized spacial score (nSPS) is 10.9. The van der Waals surface area contributed by atoms with E-state index in [0.717, 1.165) is 0 Å². The van der Waals surface area contributed by atoms with Crippen molar-refractivity contribution >= 4 is 17.4 Å². The summed E-state index contributed by atoms with van der Waals surface area (Å²) in [5.41, 5.74) is 0.529. The molecule has 96 valence electrons. The summed E-state index contributed by atoms with van der Waals surface area (Å²) < 4.78 is 0. The number of aromatic nitrogens is 2. The smallest absolute Gasteiger partial charge is 0.140 e. The Morgan fingerprint density at radius 3 is 2.59 bits per heavy atom. The van der Waals surface area contributed by atoms with Crippen LogP contribution in [0.15, 0.2) is 6.33 Å². The highest BCUT2D eigenvalue weighted by molar-refractivity contribution is 6.30. The average molecular weight is 260 g/mol. The highest BCUT2D eigenvalue weighted by Gasteiger charge is 2.17. The molecule has 2 N–H and O–H groups in total. The Kier molecular flexibility index (Phi) is 5.61. The van der Waals surface area contributed by atoms with E-state index in [1.165, 1.54) is 6.33 Å². The van der Waals surface area contributed by atoms with Gasteiger partial charge in [0.2, 0.25) is 0 Å². The van der Waals surface area contributed by atoms with Crippen LogP contribution in [-0.4, -0.2) is 39.4 Å². The fourth-order valence-electron chi connectivity index (χ4n) is 1.62. The van der Waals surface area contributed by atoms with Gasteiger partial charge in [-0.15, -0.1) is 0 Å². The third-order valence-electron chi connectivity index (χ3n) is 2.48. The molecule has 1 aromatic heterocycles. The van der Waals surface area contributed by atoms with Gasteiger partial charge >= 0.3 is 0 Å². The van der Waals surface area contributed by atoms with E-state index in [-0.39, 0.29) is 24.4 Å². The molecule has 17 heavy (non-hydrogen) atoms. The molecular formula is C11H18ClN3O2. The van der Waals surface area contributed by atoms with Gasteiger partial charge in [0.25, 0.3) is 0 Å². The molecule has 0 aliphatic carbocycles. The van der Waals surface area contributed by atoms with E-state index in [1.807, 2.05) is 18.7 Å². The number of aliphatic hydroxyl groups excluding tert-OH is 2. The van der Waals surface area contributed by atoms with Crippen molar-refractivity contribution in [2.24, 2.45) is 0 Å². The first-order chi connectivity index (χ1) is 8.11. The maximum absolute atomic E-state index is 9.31. The molecule has 0 aliphatic rings. The van der Waals surface area contributed by atoms with Crippen LogP contribution >= 0.6 is 11.6 Å². The summed E-state index contributed by atoms with van der Waals surface area (Å²) in [6.07, 6.45) is 2.02. The third kappa shape index (κ3) is 3.52. The molecule has 0 spiro atoms. The van der Waals surface area contributed by atoms with E-state index in [1.54, 1.807) is 0 Å². The average Bonchev–Trinajstić information content (AvgIpc) is 2.29. The number of anilines is 1. The molecule has 0 saturated carbocycles. The number of aliphatic hydroxyl groups is 2. The van der Waals surface area contributed by atoms with Crippen LogP contribution in [0.1, 0.15) is 25.8 Å². The number of hydrogen-bond acceptors (Lipinski definition) is 5. The molecule has 0 aliphatic heterocycles. The molecule has 0 unspecified atom stereocenters. The lowest BCUT2D eigenvalue weighted by molar-refractivity contribution is 0.279. The van der Waals surface area contributed by atoms with Gasteiger partial charge in [-0.2, -0.15) is 0 Å². The van der Waals surface area contributed by atoms with Crippen molar-refractivity contribution in [3.8, 4) is 0 Å². The van der Waals surface area contributed by atoms with Gasteiger partial charge in [-0.1, -0.05) is 11.6 Å². The molecule has 6 heteroatoms. The van der Waals surface area contributed by atoms with Crippen LogP contribution in [0.25, 0.3) is 0 Å². The van der Waals surface area contributed by atoms with Gasteiger partial charge in [0.1, 0.15) is 17.3 Å². The van der Waals surface area contributed by atoms with Crippen LogP contribution < -0.4 is 4.90 Å². The standard InChI is InChI=1S/C11H18ClN3O2/c1-8(2)15(4-3-5-16)11-9(6-17)10(12)13-7-14-11/h7-8,16-17H,3-6H2,1-2H3. The Morgan fingerprint density at radius 2 is 2.06 bits per heavy atom. The number of nitrogens with zero attached hydrogens (tertiary/aromatic N) is 3. The lowest BCUT2D eigenvalue weighted by atomic mass is 10.2. The van der Waals surface area contributed by atoms with Crippen LogP contribution in [0, 0.1) is 0 Å². The zero-order chi connectivity index (χ0) is 12.8. The van der Waals surface area contributed by atoms with Crippen molar-refractivity contribution in [2.75, 3.05) is 18.1 Å². The predicted octanol–water partition coefficient (Wildman–Crippen LogP) is 1.22. The summed E-state index contributed by atoms with van der Waals surface area (Å²) in [5, 5.41) is 18.5. The molecule has 1 heterocycles. The maximum atomic E-state index is 9.31. The van der Waals surface area contributed by atoms with Crippen molar-refractivity contribution in [3.05, 3.63) is 17.0 Å². The van der Waals surface area contributed by atoms with Crippen LogP contribution in [0.4, 0.5) is 5.82 Å². The fourth-order valence-corrected chi connectivity index (χ4v) is 1.80. The van der Waals surface area contributed by atoms with E-state index in [9.17, 15) is 5.11 Å². The van der Waals surface area contributed by atoms with Gasteiger partial charge < -0.3 is 15.1 Å². The van der Waals surface area contributed by atoms with Crippen molar-refractivity contribution < 1.29 is 10.2 Å². The van der Waals surface area contributed by atoms with E-state index in [2.05, 4.69) is 9.97 Å². The summed E-state index contributed by atoms with van der Waals surface area (Å²) in [6.45, 7) is 4.63. The number of hydrogen-bond donors (Lipinski definition) is 2. The maximum Gasteiger partial charge on any atom is 0.140 e. The Balaban J connectivity index is 3.04. The van der Waals surface area contributed by atoms with Gasteiger partial charge in [0, 0.05) is 19.2 Å². The second kappa shape index (κ2) is 6.74. The molecule has 1 aromatic rings. The van der Waals surface area contributed by atoms with Crippen molar-refractivity contribution in [1.82, 2.24) is 9.97 Å². The minimum atomic E-state index is -0.197. The first-order valence-electron chi connectivity index (χ1n) is 5.59. The molecule has 0 fully saturated rings. The predicted molar refractivity (Wildman–Crippen MR) is 67.1 cm³/mol. The molecule has 0 aromatic carbocycles. The monoisotopic (exact) mass is 259 g/mol. The summed E-state index contributed by atoms with van der Waals surface area (Å²) in [4.78, 5) is 10.0. The van der Waals surface area contributed by atoms with Gasteiger partial charge in [-0.3, -0.25) is 0 Å². The lowest BCUT2D eigenvalue weighted by Crippen LogP contribution is -2.34. The van der Waals surface area contributed by atoms with Gasteiger partial charge in [0.15, 0.2) is 0 Å². The second-order valence-electron chi connectivity index (χ2n) is 3.99. The first kappa shape index (κ1) is 14.2. The van der Waals surface area contributed by atoms with Gasteiger partial charge in [0.05, 0.1) is 12.2 Å². The Hall–Kier alpha value is -0.910. The summed E-state index contributed by atoms with van der Waals surface area (Å²) in [7, 11) is 0. The Bertz CT molecular complexity index is 361. The largest absolute Gasteiger partial charge is 0.396 e. The van der Waals surface area contributed by atoms with Crippen LogP contribution in [0.5, 0.6) is 0 Å². The molecule has 0 radical (unpaired) electrons. The topological polar surface area (TPSA) is 69.5 Å². The molecule has 5 nitrogen and oxygen atoms in total. The molecular weight excluding hydrogens is 242 g/mol. The molecule has 0 saturated heterocycles. The number of halogens is 1. The fraction of sp³-hybridized carbons (Fsp3) is 0.636. The SMILES string of the molecule is CC(C)N(CCCO)c1ncnc(Cl)c1CO. The summed E-state index contributed by atoms with van der Waals surface area (Å²) in [6, 6.07) is 0.206. The quantitative estimate of drug-likeness (QED) is 0.752. The van der Waals surface area contributed by atoms with E-state index in [4.69, 9.17) is 16.7 Å². The van der Waals surface area contributed by atoms with Crippen molar-refractivity contribution in [1.29, 1.82) is 0 Å². The van der Waals surface area contributed by atoms with E-state index in [0.29, 0.717) is 24.3 Å². The molecule has 0 amide bonds. The Labute approximate surface area is 106 Å². The van der Waals surface area contributed by atoms with Crippen molar-refractivity contribution in [3.63, 3.8) is 0 Å². The summed E-state index contributed by atoms with van der Waals surface area (Å²) in [5.74, 6) is 0.635. The van der Waals surface area contributed by atoms with Gasteiger partial charge in [-0.25, -0.2) is 9.97 Å². The zero-order valence-electron chi connectivity index (χ0n) is 10.1. The zero-order valence-corrected chi connectivity index (χ0v) is 10.9. The van der Waals surface area contributed by atoms with Crippen molar-refractivity contribution in [2.45, 2.75) is 32.9 Å².